The minimum Gasteiger partial charge on any atom is -0.491 e. The summed E-state index contributed by atoms with van der Waals surface area (Å²) in [5.41, 5.74) is 8.32. The smallest absolute Gasteiger partial charge is 0.128 e. The number of nitrogen functional groups attached to an aromatic ring is 1. The molecule has 0 aliphatic carbocycles. The number of hydrogen-bond donors (Lipinski definition) is 2. The van der Waals surface area contributed by atoms with Crippen molar-refractivity contribution in [1.82, 2.24) is 0 Å². The van der Waals surface area contributed by atoms with Gasteiger partial charge in [0.1, 0.15) is 11.6 Å². The van der Waals surface area contributed by atoms with Crippen LogP contribution in [0.25, 0.3) is 0 Å². The van der Waals surface area contributed by atoms with Crippen molar-refractivity contribution < 1.29 is 9.13 Å². The Labute approximate surface area is 124 Å². The normalized spacial score (nSPS) is 12.0. The van der Waals surface area contributed by atoms with Crippen molar-refractivity contribution in [3.8, 4) is 5.75 Å². The van der Waals surface area contributed by atoms with E-state index in [0.29, 0.717) is 16.9 Å². The molecule has 0 spiro atoms. The van der Waals surface area contributed by atoms with Crippen molar-refractivity contribution >= 4 is 17.1 Å². The second kappa shape index (κ2) is 6.48. The number of aryl methyl sites for hydroxylation is 1. The number of benzene rings is 2. The van der Waals surface area contributed by atoms with Gasteiger partial charge in [-0.3, -0.25) is 0 Å². The fourth-order valence-electron chi connectivity index (χ4n) is 1.92. The monoisotopic (exact) mass is 288 g/mol. The molecule has 2 aromatic rings. The van der Waals surface area contributed by atoms with Crippen LogP contribution in [0.3, 0.4) is 0 Å². The van der Waals surface area contributed by atoms with Gasteiger partial charge in [-0.05, 0) is 50.1 Å². The number of hydrogen-bond acceptors (Lipinski definition) is 3. The molecule has 2 aromatic carbocycles. The Kier molecular flexibility index (Phi) is 4.68. The van der Waals surface area contributed by atoms with Crippen LogP contribution >= 0.6 is 0 Å². The maximum absolute atomic E-state index is 13.4. The zero-order chi connectivity index (χ0) is 15.4. The van der Waals surface area contributed by atoms with Gasteiger partial charge in [-0.2, -0.15) is 0 Å². The number of halogens is 1. The molecular weight excluding hydrogens is 267 g/mol. The maximum Gasteiger partial charge on any atom is 0.128 e. The van der Waals surface area contributed by atoms with Gasteiger partial charge in [0.15, 0.2) is 0 Å². The number of nitrogens with one attached hydrogen (secondary N) is 1. The summed E-state index contributed by atoms with van der Waals surface area (Å²) in [5.74, 6) is 0.499. The van der Waals surface area contributed by atoms with Crippen LogP contribution in [-0.4, -0.2) is 6.10 Å². The fraction of sp³-hybridized carbons (Fsp3) is 0.294. The van der Waals surface area contributed by atoms with E-state index in [0.717, 1.165) is 17.9 Å². The molecule has 112 valence electrons. The van der Waals surface area contributed by atoms with Gasteiger partial charge in [0, 0.05) is 11.8 Å². The zero-order valence-corrected chi connectivity index (χ0v) is 12.6. The Hall–Kier alpha value is -2.23. The standard InChI is InChI=1S/C17H21FN2O/c1-4-12(3)21-14-7-5-6-13(9-14)20-17-8-11(2)15(18)10-16(17)19/h5-10,12,20H,4,19H2,1-3H3. The van der Waals surface area contributed by atoms with Crippen molar-refractivity contribution in [2.75, 3.05) is 11.1 Å². The number of rotatable bonds is 5. The van der Waals surface area contributed by atoms with E-state index in [1.54, 1.807) is 13.0 Å². The second-order valence-corrected chi connectivity index (χ2v) is 5.18. The van der Waals surface area contributed by atoms with Crippen LogP contribution in [0.5, 0.6) is 5.75 Å². The molecule has 3 nitrogen and oxygen atoms in total. The zero-order valence-electron chi connectivity index (χ0n) is 12.6. The molecule has 21 heavy (non-hydrogen) atoms. The molecule has 0 saturated heterocycles. The topological polar surface area (TPSA) is 47.3 Å². The highest BCUT2D eigenvalue weighted by atomic mass is 19.1. The summed E-state index contributed by atoms with van der Waals surface area (Å²) in [6.07, 6.45) is 1.11. The molecule has 0 aromatic heterocycles. The summed E-state index contributed by atoms with van der Waals surface area (Å²) in [6.45, 7) is 5.82. The average Bonchev–Trinajstić information content (AvgIpc) is 2.45. The Bertz CT molecular complexity index is 628. The Balaban J connectivity index is 2.20. The van der Waals surface area contributed by atoms with Gasteiger partial charge in [0.2, 0.25) is 0 Å². The molecule has 0 radical (unpaired) electrons. The van der Waals surface area contributed by atoms with Gasteiger partial charge in [0.05, 0.1) is 17.5 Å². The molecule has 4 heteroatoms. The molecule has 1 unspecified atom stereocenters. The van der Waals surface area contributed by atoms with Crippen molar-refractivity contribution in [3.05, 3.63) is 47.8 Å². The largest absolute Gasteiger partial charge is 0.491 e. The predicted molar refractivity (Wildman–Crippen MR) is 85.7 cm³/mol. The Morgan fingerprint density at radius 3 is 2.76 bits per heavy atom. The lowest BCUT2D eigenvalue weighted by atomic mass is 10.1. The van der Waals surface area contributed by atoms with Crippen LogP contribution in [0.4, 0.5) is 21.5 Å². The summed E-state index contributed by atoms with van der Waals surface area (Å²) in [4.78, 5) is 0. The fourth-order valence-corrected chi connectivity index (χ4v) is 1.92. The molecule has 0 aliphatic heterocycles. The number of nitrogens with two attached hydrogens (primary N) is 1. The molecule has 0 bridgehead atoms. The SMILES string of the molecule is CCC(C)Oc1cccc(Nc2cc(C)c(F)cc2N)c1. The van der Waals surface area contributed by atoms with Gasteiger partial charge in [-0.15, -0.1) is 0 Å². The molecule has 2 rings (SSSR count). The highest BCUT2D eigenvalue weighted by Crippen LogP contribution is 2.28. The Morgan fingerprint density at radius 1 is 1.29 bits per heavy atom. The summed E-state index contributed by atoms with van der Waals surface area (Å²) >= 11 is 0. The van der Waals surface area contributed by atoms with E-state index in [-0.39, 0.29) is 11.9 Å². The van der Waals surface area contributed by atoms with E-state index < -0.39 is 0 Å². The molecule has 0 amide bonds. The van der Waals surface area contributed by atoms with Crippen molar-refractivity contribution in [3.63, 3.8) is 0 Å². The summed E-state index contributed by atoms with van der Waals surface area (Å²) in [7, 11) is 0. The second-order valence-electron chi connectivity index (χ2n) is 5.18. The summed E-state index contributed by atoms with van der Waals surface area (Å²) in [6, 6.07) is 10.7. The summed E-state index contributed by atoms with van der Waals surface area (Å²) < 4.78 is 19.2. The Morgan fingerprint density at radius 2 is 2.05 bits per heavy atom. The minimum absolute atomic E-state index is 0.165. The van der Waals surface area contributed by atoms with Crippen LogP contribution in [0, 0.1) is 12.7 Å². The lowest BCUT2D eigenvalue weighted by molar-refractivity contribution is 0.217. The first-order valence-electron chi connectivity index (χ1n) is 7.09. The number of anilines is 3. The average molecular weight is 288 g/mol. The first kappa shape index (κ1) is 15.2. The molecule has 0 heterocycles. The summed E-state index contributed by atoms with van der Waals surface area (Å²) in [5, 5.41) is 3.20. The third-order valence-corrected chi connectivity index (χ3v) is 3.36. The predicted octanol–water partition coefficient (Wildman–Crippen LogP) is 4.64. The van der Waals surface area contributed by atoms with Crippen molar-refractivity contribution in [2.24, 2.45) is 0 Å². The molecule has 1 atom stereocenters. The van der Waals surface area contributed by atoms with Crippen LogP contribution in [0.15, 0.2) is 36.4 Å². The van der Waals surface area contributed by atoms with Crippen molar-refractivity contribution in [1.29, 1.82) is 0 Å². The van der Waals surface area contributed by atoms with Crippen LogP contribution in [0.1, 0.15) is 25.8 Å². The first-order valence-corrected chi connectivity index (χ1v) is 7.09. The van der Waals surface area contributed by atoms with E-state index in [4.69, 9.17) is 10.5 Å². The van der Waals surface area contributed by atoms with E-state index in [9.17, 15) is 4.39 Å². The third kappa shape index (κ3) is 3.88. The lowest BCUT2D eigenvalue weighted by Gasteiger charge is -2.15. The van der Waals surface area contributed by atoms with Gasteiger partial charge in [-0.25, -0.2) is 4.39 Å². The quantitative estimate of drug-likeness (QED) is 0.788. The van der Waals surface area contributed by atoms with Gasteiger partial charge in [0.25, 0.3) is 0 Å². The maximum atomic E-state index is 13.4. The highest BCUT2D eigenvalue weighted by molar-refractivity contribution is 5.73. The lowest BCUT2D eigenvalue weighted by Crippen LogP contribution is -2.09. The van der Waals surface area contributed by atoms with E-state index in [2.05, 4.69) is 12.2 Å². The van der Waals surface area contributed by atoms with E-state index in [1.165, 1.54) is 6.07 Å². The van der Waals surface area contributed by atoms with Crippen molar-refractivity contribution in [2.45, 2.75) is 33.3 Å². The molecular formula is C17H21FN2O. The minimum atomic E-state index is -0.299. The highest BCUT2D eigenvalue weighted by Gasteiger charge is 2.06. The van der Waals surface area contributed by atoms with Gasteiger partial charge in [-0.1, -0.05) is 13.0 Å². The van der Waals surface area contributed by atoms with E-state index >= 15 is 0 Å². The first-order chi connectivity index (χ1) is 9.99. The molecule has 0 saturated carbocycles. The van der Waals surface area contributed by atoms with Crippen LogP contribution < -0.4 is 15.8 Å². The number of ether oxygens (including phenoxy) is 1. The third-order valence-electron chi connectivity index (χ3n) is 3.36. The molecule has 3 N–H and O–H groups in total. The van der Waals surface area contributed by atoms with Crippen LogP contribution in [-0.2, 0) is 0 Å². The van der Waals surface area contributed by atoms with Gasteiger partial charge >= 0.3 is 0 Å². The molecule has 0 aliphatic rings. The van der Waals surface area contributed by atoms with E-state index in [1.807, 2.05) is 31.2 Å². The van der Waals surface area contributed by atoms with Crippen LogP contribution in [0.2, 0.25) is 0 Å². The van der Waals surface area contributed by atoms with Gasteiger partial charge < -0.3 is 15.8 Å². The molecule has 0 fully saturated rings.